The molecule has 196 valence electrons. The van der Waals surface area contributed by atoms with Crippen LogP contribution in [0.4, 0.5) is 4.79 Å². The number of carbonyl (C=O) groups is 2. The Bertz CT molecular complexity index is 1220. The van der Waals surface area contributed by atoms with Gasteiger partial charge in [-0.15, -0.1) is 0 Å². The lowest BCUT2D eigenvalue weighted by Gasteiger charge is -2.29. The highest BCUT2D eigenvalue weighted by Gasteiger charge is 2.25. The van der Waals surface area contributed by atoms with Gasteiger partial charge in [0, 0.05) is 23.9 Å². The monoisotopic (exact) mass is 526 g/mol. The summed E-state index contributed by atoms with van der Waals surface area (Å²) in [4.78, 5) is 29.6. The van der Waals surface area contributed by atoms with E-state index in [1.165, 1.54) is 30.3 Å². The van der Waals surface area contributed by atoms with Crippen LogP contribution in [0.25, 0.3) is 11.1 Å². The maximum atomic E-state index is 12.9. The second kappa shape index (κ2) is 12.1. The molecule has 0 saturated heterocycles. The van der Waals surface area contributed by atoms with Gasteiger partial charge in [-0.3, -0.25) is 0 Å². The second-order valence-electron chi connectivity index (χ2n) is 9.52. The van der Waals surface area contributed by atoms with Crippen LogP contribution in [0.2, 0.25) is 5.15 Å². The van der Waals surface area contributed by atoms with Gasteiger partial charge in [-0.2, -0.15) is 0 Å². The standard InChI is InChI=1S/C28H31ClN2O6/c1-28(2,3)37-27(35)31(17-23(32)21-10-12-25(29)30-16-21)14-13-18-5-7-19(8-6-18)22-11-9-20(26(33)34)15-24(22)36-4/h5-12,15-16,23,32H,13-14,17H2,1-4H3,(H,33,34)/t23-/m0/s1. The Morgan fingerprint density at radius 1 is 1.08 bits per heavy atom. The minimum Gasteiger partial charge on any atom is -0.496 e. The summed E-state index contributed by atoms with van der Waals surface area (Å²) < 4.78 is 10.9. The third-order valence-corrected chi connectivity index (χ3v) is 5.79. The SMILES string of the molecule is COc1cc(C(=O)O)ccc1-c1ccc(CCN(C[C@H](O)c2ccc(Cl)nc2)C(=O)OC(C)(C)C)cc1. The lowest BCUT2D eigenvalue weighted by Crippen LogP contribution is -2.40. The number of ether oxygens (including phenoxy) is 2. The minimum atomic E-state index is -1.02. The number of hydrogen-bond donors (Lipinski definition) is 2. The highest BCUT2D eigenvalue weighted by molar-refractivity contribution is 6.29. The zero-order valence-corrected chi connectivity index (χ0v) is 22.0. The van der Waals surface area contributed by atoms with E-state index in [-0.39, 0.29) is 12.1 Å². The Morgan fingerprint density at radius 3 is 2.35 bits per heavy atom. The van der Waals surface area contributed by atoms with E-state index >= 15 is 0 Å². The number of carbonyl (C=O) groups excluding carboxylic acids is 1. The molecular formula is C28H31ClN2O6. The normalized spacial score (nSPS) is 12.1. The molecule has 1 amide bonds. The molecule has 2 aromatic carbocycles. The summed E-state index contributed by atoms with van der Waals surface area (Å²) >= 11 is 5.84. The maximum absolute atomic E-state index is 12.9. The van der Waals surface area contributed by atoms with Crippen molar-refractivity contribution in [3.63, 3.8) is 0 Å². The fraction of sp³-hybridized carbons (Fsp3) is 0.321. The smallest absolute Gasteiger partial charge is 0.410 e. The van der Waals surface area contributed by atoms with Crippen molar-refractivity contribution >= 4 is 23.7 Å². The summed E-state index contributed by atoms with van der Waals surface area (Å²) in [6, 6.07) is 15.7. The third-order valence-electron chi connectivity index (χ3n) is 5.56. The number of aliphatic hydroxyl groups is 1. The van der Waals surface area contributed by atoms with Crippen molar-refractivity contribution in [3.05, 3.63) is 82.6 Å². The number of methoxy groups -OCH3 is 1. The molecule has 1 heterocycles. The van der Waals surface area contributed by atoms with Crippen molar-refractivity contribution in [2.75, 3.05) is 20.2 Å². The topological polar surface area (TPSA) is 109 Å². The Kier molecular flexibility index (Phi) is 9.13. The van der Waals surface area contributed by atoms with Crippen molar-refractivity contribution in [1.82, 2.24) is 9.88 Å². The molecule has 0 bridgehead atoms. The van der Waals surface area contributed by atoms with Crippen LogP contribution in [-0.2, 0) is 11.2 Å². The first-order valence-electron chi connectivity index (χ1n) is 11.7. The zero-order chi connectivity index (χ0) is 27.2. The quantitative estimate of drug-likeness (QED) is 0.348. The molecule has 0 fully saturated rings. The molecule has 0 unspecified atom stereocenters. The number of aliphatic hydroxyl groups excluding tert-OH is 1. The number of halogens is 1. The number of carboxylic acid groups (broad SMARTS) is 1. The first-order chi connectivity index (χ1) is 17.5. The first-order valence-corrected chi connectivity index (χ1v) is 12.1. The van der Waals surface area contributed by atoms with E-state index in [1.54, 1.807) is 39.0 Å². The summed E-state index contributed by atoms with van der Waals surface area (Å²) in [7, 11) is 1.50. The molecule has 0 aliphatic rings. The van der Waals surface area contributed by atoms with Gasteiger partial charge in [0.25, 0.3) is 0 Å². The number of rotatable bonds is 9. The fourth-order valence-corrected chi connectivity index (χ4v) is 3.77. The molecule has 8 nitrogen and oxygen atoms in total. The van der Waals surface area contributed by atoms with Crippen molar-refractivity contribution in [3.8, 4) is 16.9 Å². The third kappa shape index (κ3) is 7.93. The van der Waals surface area contributed by atoms with Gasteiger partial charge in [-0.05, 0) is 62.6 Å². The van der Waals surface area contributed by atoms with Gasteiger partial charge >= 0.3 is 12.1 Å². The molecule has 0 aliphatic heterocycles. The molecule has 2 N–H and O–H groups in total. The number of aromatic carboxylic acids is 1. The predicted molar refractivity (Wildman–Crippen MR) is 141 cm³/mol. The minimum absolute atomic E-state index is 0.0312. The largest absolute Gasteiger partial charge is 0.496 e. The molecule has 3 rings (SSSR count). The molecule has 0 spiro atoms. The van der Waals surface area contributed by atoms with Crippen LogP contribution < -0.4 is 4.74 Å². The Hall–Kier alpha value is -3.62. The average molecular weight is 527 g/mol. The molecule has 1 atom stereocenters. The van der Waals surface area contributed by atoms with Gasteiger partial charge in [0.1, 0.15) is 16.5 Å². The summed E-state index contributed by atoms with van der Waals surface area (Å²) in [5.41, 5.74) is 2.63. The number of amides is 1. The number of hydrogen-bond acceptors (Lipinski definition) is 6. The number of pyridine rings is 1. The lowest BCUT2D eigenvalue weighted by atomic mass is 10.0. The second-order valence-corrected chi connectivity index (χ2v) is 9.91. The number of benzene rings is 2. The summed E-state index contributed by atoms with van der Waals surface area (Å²) in [6.07, 6.45) is 0.533. The first kappa shape index (κ1) is 28.0. The van der Waals surface area contributed by atoms with Crippen LogP contribution in [0.1, 0.15) is 48.4 Å². The number of aromatic nitrogens is 1. The van der Waals surface area contributed by atoms with Crippen LogP contribution in [-0.4, -0.2) is 58.0 Å². The van der Waals surface area contributed by atoms with Gasteiger partial charge in [-0.25, -0.2) is 14.6 Å². The van der Waals surface area contributed by atoms with Crippen molar-refractivity contribution < 1.29 is 29.3 Å². The van der Waals surface area contributed by atoms with Gasteiger partial charge in [-0.1, -0.05) is 41.9 Å². The number of carboxylic acids is 1. The van der Waals surface area contributed by atoms with Gasteiger partial charge < -0.3 is 24.6 Å². The van der Waals surface area contributed by atoms with E-state index in [0.717, 1.165) is 16.7 Å². The van der Waals surface area contributed by atoms with Gasteiger partial charge in [0.05, 0.1) is 25.3 Å². The van der Waals surface area contributed by atoms with Crippen LogP contribution in [0, 0.1) is 0 Å². The molecule has 0 radical (unpaired) electrons. The summed E-state index contributed by atoms with van der Waals surface area (Å²) in [5, 5.41) is 20.3. The van der Waals surface area contributed by atoms with E-state index in [4.69, 9.17) is 21.1 Å². The van der Waals surface area contributed by atoms with E-state index in [9.17, 15) is 19.8 Å². The van der Waals surface area contributed by atoms with Crippen LogP contribution in [0.5, 0.6) is 5.75 Å². The highest BCUT2D eigenvalue weighted by atomic mass is 35.5. The molecule has 0 aliphatic carbocycles. The highest BCUT2D eigenvalue weighted by Crippen LogP contribution is 2.31. The van der Waals surface area contributed by atoms with E-state index in [2.05, 4.69) is 4.98 Å². The Labute approximate surface area is 221 Å². The molecule has 3 aromatic rings. The Morgan fingerprint density at radius 2 is 1.78 bits per heavy atom. The summed E-state index contributed by atoms with van der Waals surface area (Å²) in [6.45, 7) is 5.72. The molecular weight excluding hydrogens is 496 g/mol. The molecule has 9 heteroatoms. The lowest BCUT2D eigenvalue weighted by molar-refractivity contribution is 0.0146. The van der Waals surface area contributed by atoms with E-state index in [0.29, 0.717) is 29.4 Å². The Balaban J connectivity index is 1.74. The van der Waals surface area contributed by atoms with Crippen molar-refractivity contribution in [2.45, 2.75) is 38.9 Å². The fourth-order valence-electron chi connectivity index (χ4n) is 3.66. The average Bonchev–Trinajstić information content (AvgIpc) is 2.85. The zero-order valence-electron chi connectivity index (χ0n) is 21.3. The van der Waals surface area contributed by atoms with E-state index in [1.807, 2.05) is 24.3 Å². The van der Waals surface area contributed by atoms with Gasteiger partial charge in [0.15, 0.2) is 0 Å². The van der Waals surface area contributed by atoms with Gasteiger partial charge in [0.2, 0.25) is 0 Å². The molecule has 0 saturated carbocycles. The van der Waals surface area contributed by atoms with Crippen molar-refractivity contribution in [2.24, 2.45) is 0 Å². The van der Waals surface area contributed by atoms with Crippen LogP contribution in [0.15, 0.2) is 60.8 Å². The number of nitrogens with zero attached hydrogens (tertiary/aromatic N) is 2. The summed E-state index contributed by atoms with van der Waals surface area (Å²) in [5.74, 6) is -0.554. The van der Waals surface area contributed by atoms with Crippen LogP contribution >= 0.6 is 11.6 Å². The molecule has 1 aromatic heterocycles. The molecule has 37 heavy (non-hydrogen) atoms. The predicted octanol–water partition coefficient (Wildman–Crippen LogP) is 5.62. The van der Waals surface area contributed by atoms with E-state index < -0.39 is 23.8 Å². The van der Waals surface area contributed by atoms with Crippen LogP contribution in [0.3, 0.4) is 0 Å². The van der Waals surface area contributed by atoms with Crippen molar-refractivity contribution in [1.29, 1.82) is 0 Å². The maximum Gasteiger partial charge on any atom is 0.410 e.